The number of alkyl halides is 3. The predicted octanol–water partition coefficient (Wildman–Crippen LogP) is 3.82. The molecule has 2 aromatic carbocycles. The zero-order valence-corrected chi connectivity index (χ0v) is 19.4. The van der Waals surface area contributed by atoms with Crippen LogP contribution in [0.2, 0.25) is 0 Å². The number of fused-ring (bicyclic) bond motifs is 2. The normalized spacial score (nSPS) is 14.9. The van der Waals surface area contributed by atoms with Crippen LogP contribution in [0.15, 0.2) is 42.6 Å². The molecule has 2 aromatic heterocycles. The Kier molecular flexibility index (Phi) is 5.76. The SMILES string of the molecule is Cc1cc(-c2ncc3cc(C(F)(F)F)ccc3n2)ccc1N1CCn2nc(C(O)CO)c(C)c2C1=O. The van der Waals surface area contributed by atoms with Gasteiger partial charge in [-0.1, -0.05) is 0 Å². The molecule has 3 heterocycles. The number of benzene rings is 2. The van der Waals surface area contributed by atoms with Gasteiger partial charge in [0.1, 0.15) is 11.8 Å². The minimum atomic E-state index is -4.44. The summed E-state index contributed by atoms with van der Waals surface area (Å²) in [6.07, 6.45) is -4.23. The van der Waals surface area contributed by atoms with Crippen LogP contribution in [-0.2, 0) is 12.7 Å². The molecule has 0 bridgehead atoms. The Hall–Kier alpha value is -3.83. The number of aliphatic hydroxyl groups is 2. The molecule has 0 fully saturated rings. The van der Waals surface area contributed by atoms with Crippen LogP contribution in [-0.4, -0.2) is 49.0 Å². The molecule has 1 unspecified atom stereocenters. The van der Waals surface area contributed by atoms with E-state index in [0.717, 1.165) is 17.7 Å². The molecule has 186 valence electrons. The molecule has 0 saturated carbocycles. The fraction of sp³-hybridized carbons (Fsp3) is 0.280. The summed E-state index contributed by atoms with van der Waals surface area (Å²) in [5, 5.41) is 23.9. The zero-order valence-electron chi connectivity index (χ0n) is 19.4. The minimum Gasteiger partial charge on any atom is -0.393 e. The van der Waals surface area contributed by atoms with Gasteiger partial charge in [-0.2, -0.15) is 18.3 Å². The van der Waals surface area contributed by atoms with Crippen molar-refractivity contribution in [2.24, 2.45) is 0 Å². The van der Waals surface area contributed by atoms with Crippen molar-refractivity contribution in [1.29, 1.82) is 0 Å². The quantitative estimate of drug-likeness (QED) is 0.444. The second-order valence-electron chi connectivity index (χ2n) is 8.70. The largest absolute Gasteiger partial charge is 0.416 e. The molecule has 0 spiro atoms. The summed E-state index contributed by atoms with van der Waals surface area (Å²) < 4.78 is 40.5. The second kappa shape index (κ2) is 8.68. The van der Waals surface area contributed by atoms with Crippen LogP contribution in [0.5, 0.6) is 0 Å². The van der Waals surface area contributed by atoms with Crippen molar-refractivity contribution in [3.8, 4) is 11.4 Å². The Morgan fingerprint density at radius 2 is 1.89 bits per heavy atom. The van der Waals surface area contributed by atoms with E-state index in [9.17, 15) is 28.2 Å². The first-order chi connectivity index (χ1) is 17.1. The number of halogens is 3. The van der Waals surface area contributed by atoms with Gasteiger partial charge < -0.3 is 15.1 Å². The molecule has 0 saturated heterocycles. The van der Waals surface area contributed by atoms with Crippen molar-refractivity contribution in [1.82, 2.24) is 19.7 Å². The van der Waals surface area contributed by atoms with Crippen LogP contribution in [0.25, 0.3) is 22.3 Å². The summed E-state index contributed by atoms with van der Waals surface area (Å²) in [4.78, 5) is 23.6. The highest BCUT2D eigenvalue weighted by atomic mass is 19.4. The number of anilines is 1. The van der Waals surface area contributed by atoms with Gasteiger partial charge in [0.05, 0.1) is 29.9 Å². The Labute approximate surface area is 203 Å². The van der Waals surface area contributed by atoms with Gasteiger partial charge in [0.15, 0.2) is 5.82 Å². The van der Waals surface area contributed by atoms with E-state index >= 15 is 0 Å². The first kappa shape index (κ1) is 23.9. The van der Waals surface area contributed by atoms with E-state index < -0.39 is 24.5 Å². The number of aromatic nitrogens is 4. The average molecular weight is 497 g/mol. The van der Waals surface area contributed by atoms with Gasteiger partial charge in [-0.15, -0.1) is 0 Å². The van der Waals surface area contributed by atoms with Crippen LogP contribution in [0.4, 0.5) is 18.9 Å². The molecule has 4 aromatic rings. The van der Waals surface area contributed by atoms with Gasteiger partial charge >= 0.3 is 6.18 Å². The van der Waals surface area contributed by atoms with Crippen LogP contribution in [0.1, 0.15) is 39.0 Å². The van der Waals surface area contributed by atoms with Gasteiger partial charge in [-0.3, -0.25) is 9.48 Å². The van der Waals surface area contributed by atoms with Crippen molar-refractivity contribution in [3.05, 3.63) is 70.7 Å². The third kappa shape index (κ3) is 3.99. The van der Waals surface area contributed by atoms with E-state index in [4.69, 9.17) is 0 Å². The Balaban J connectivity index is 1.45. The third-order valence-corrected chi connectivity index (χ3v) is 6.35. The van der Waals surface area contributed by atoms with E-state index in [-0.39, 0.29) is 11.6 Å². The van der Waals surface area contributed by atoms with Crippen LogP contribution >= 0.6 is 0 Å². The van der Waals surface area contributed by atoms with Crippen LogP contribution in [0, 0.1) is 13.8 Å². The number of carbonyl (C=O) groups is 1. The van der Waals surface area contributed by atoms with Gasteiger partial charge in [-0.25, -0.2) is 9.97 Å². The minimum absolute atomic E-state index is 0.263. The van der Waals surface area contributed by atoms with Crippen LogP contribution in [0.3, 0.4) is 0 Å². The molecule has 5 rings (SSSR count). The molecular formula is C25H22F3N5O3. The maximum atomic E-state index is 13.3. The lowest BCUT2D eigenvalue weighted by Crippen LogP contribution is -2.41. The molecule has 1 aliphatic heterocycles. The first-order valence-corrected chi connectivity index (χ1v) is 11.2. The lowest BCUT2D eigenvalue weighted by molar-refractivity contribution is -0.137. The summed E-state index contributed by atoms with van der Waals surface area (Å²) in [6, 6.07) is 8.71. The molecule has 8 nitrogen and oxygen atoms in total. The summed E-state index contributed by atoms with van der Waals surface area (Å²) in [6.45, 7) is 3.85. The molecular weight excluding hydrogens is 475 g/mol. The highest BCUT2D eigenvalue weighted by Gasteiger charge is 2.33. The molecule has 2 N–H and O–H groups in total. The number of hydrogen-bond acceptors (Lipinski definition) is 6. The standard InChI is InChI=1S/C25H22F3N5O3/c1-13-9-15(23-29-11-16-10-17(25(26,27)28)4-5-18(16)30-23)3-6-19(13)32-7-8-33-22(24(32)36)14(2)21(31-33)20(35)12-34/h3-6,9-11,20,34-35H,7-8,12H2,1-2H3. The number of hydrogen-bond donors (Lipinski definition) is 2. The van der Waals surface area contributed by atoms with E-state index in [1.807, 2.05) is 13.0 Å². The molecule has 36 heavy (non-hydrogen) atoms. The molecule has 1 aliphatic rings. The van der Waals surface area contributed by atoms with Gasteiger partial charge in [0.25, 0.3) is 5.91 Å². The number of nitrogens with zero attached hydrogens (tertiary/aromatic N) is 5. The van der Waals surface area contributed by atoms with Crippen molar-refractivity contribution in [2.45, 2.75) is 32.7 Å². The van der Waals surface area contributed by atoms with E-state index in [1.54, 1.807) is 28.6 Å². The van der Waals surface area contributed by atoms with Gasteiger partial charge in [0, 0.05) is 34.9 Å². The van der Waals surface area contributed by atoms with Crippen molar-refractivity contribution in [2.75, 3.05) is 18.1 Å². The summed E-state index contributed by atoms with van der Waals surface area (Å²) >= 11 is 0. The molecule has 0 aliphatic carbocycles. The lowest BCUT2D eigenvalue weighted by atomic mass is 10.1. The van der Waals surface area contributed by atoms with E-state index in [1.165, 1.54) is 12.3 Å². The fourth-order valence-electron chi connectivity index (χ4n) is 4.51. The molecule has 11 heteroatoms. The number of aliphatic hydroxyl groups excluding tert-OH is 2. The number of rotatable bonds is 4. The lowest BCUT2D eigenvalue weighted by Gasteiger charge is -2.29. The number of amides is 1. The monoisotopic (exact) mass is 497 g/mol. The maximum absolute atomic E-state index is 13.3. The van der Waals surface area contributed by atoms with Crippen LogP contribution < -0.4 is 4.90 Å². The second-order valence-corrected chi connectivity index (χ2v) is 8.70. The first-order valence-electron chi connectivity index (χ1n) is 11.2. The summed E-state index contributed by atoms with van der Waals surface area (Å²) in [5.41, 5.74) is 2.95. The Morgan fingerprint density at radius 3 is 2.58 bits per heavy atom. The summed E-state index contributed by atoms with van der Waals surface area (Å²) in [5.74, 6) is 0.0966. The third-order valence-electron chi connectivity index (χ3n) is 6.35. The molecule has 0 radical (unpaired) electrons. The Morgan fingerprint density at radius 1 is 1.11 bits per heavy atom. The smallest absolute Gasteiger partial charge is 0.393 e. The van der Waals surface area contributed by atoms with E-state index in [0.29, 0.717) is 52.3 Å². The topological polar surface area (TPSA) is 104 Å². The highest BCUT2D eigenvalue weighted by Crippen LogP contribution is 2.33. The van der Waals surface area contributed by atoms with Crippen molar-refractivity contribution in [3.63, 3.8) is 0 Å². The fourth-order valence-corrected chi connectivity index (χ4v) is 4.51. The number of carbonyl (C=O) groups excluding carboxylic acids is 1. The average Bonchev–Trinajstić information content (AvgIpc) is 3.20. The Bertz CT molecular complexity index is 1500. The van der Waals surface area contributed by atoms with Crippen molar-refractivity contribution >= 4 is 22.5 Å². The van der Waals surface area contributed by atoms with E-state index in [2.05, 4.69) is 15.1 Å². The maximum Gasteiger partial charge on any atom is 0.416 e. The zero-order chi connectivity index (χ0) is 25.8. The number of aryl methyl sites for hydroxylation is 1. The van der Waals surface area contributed by atoms with Crippen molar-refractivity contribution < 1.29 is 28.2 Å². The highest BCUT2D eigenvalue weighted by molar-refractivity contribution is 6.07. The predicted molar refractivity (Wildman–Crippen MR) is 125 cm³/mol. The summed E-state index contributed by atoms with van der Waals surface area (Å²) in [7, 11) is 0. The molecule has 1 atom stereocenters. The van der Waals surface area contributed by atoms with Gasteiger partial charge in [0.2, 0.25) is 0 Å². The molecule has 1 amide bonds. The van der Waals surface area contributed by atoms with Gasteiger partial charge in [-0.05, 0) is 55.8 Å².